The third kappa shape index (κ3) is 2.40. The standard InChI is InChI=1S/C10H7Cl2NO3/c11-7-2-1-3-8(9(7)12)15-5-6-4-13-10(14)16-6/h1-4H,5H2,(H,13,14). The fraction of sp³-hybridized carbons (Fsp3) is 0.100. The summed E-state index contributed by atoms with van der Waals surface area (Å²) >= 11 is 11.7. The maximum Gasteiger partial charge on any atom is 0.416 e. The molecule has 0 saturated heterocycles. The van der Waals surface area contributed by atoms with E-state index in [2.05, 4.69) is 4.98 Å². The molecule has 0 spiro atoms. The molecule has 1 aromatic heterocycles. The fourth-order valence-electron chi connectivity index (χ4n) is 1.13. The highest BCUT2D eigenvalue weighted by Crippen LogP contribution is 2.31. The van der Waals surface area contributed by atoms with E-state index < -0.39 is 5.76 Å². The third-order valence-electron chi connectivity index (χ3n) is 1.86. The molecule has 0 bridgehead atoms. The van der Waals surface area contributed by atoms with Crippen molar-refractivity contribution >= 4 is 23.2 Å². The lowest BCUT2D eigenvalue weighted by molar-refractivity contribution is 0.266. The Bertz CT molecular complexity index is 547. The summed E-state index contributed by atoms with van der Waals surface area (Å²) in [6.07, 6.45) is 1.43. The molecule has 4 nitrogen and oxygen atoms in total. The van der Waals surface area contributed by atoms with Crippen LogP contribution in [0.4, 0.5) is 0 Å². The Morgan fingerprint density at radius 3 is 2.88 bits per heavy atom. The number of ether oxygens (including phenoxy) is 1. The van der Waals surface area contributed by atoms with Gasteiger partial charge in [0.1, 0.15) is 17.4 Å². The second kappa shape index (κ2) is 4.63. The Labute approximate surface area is 101 Å². The molecule has 6 heteroatoms. The van der Waals surface area contributed by atoms with Gasteiger partial charge in [-0.05, 0) is 12.1 Å². The van der Waals surface area contributed by atoms with Gasteiger partial charge in [0.15, 0.2) is 5.76 Å². The summed E-state index contributed by atoms with van der Waals surface area (Å²) in [5.41, 5.74) is 0. The second-order valence-corrected chi connectivity index (χ2v) is 3.77. The first-order valence-electron chi connectivity index (χ1n) is 4.41. The predicted molar refractivity (Wildman–Crippen MR) is 60.1 cm³/mol. The number of aromatic nitrogens is 1. The summed E-state index contributed by atoms with van der Waals surface area (Å²) in [6.45, 7) is 0.110. The van der Waals surface area contributed by atoms with Crippen LogP contribution in [0, 0.1) is 0 Å². The molecule has 84 valence electrons. The average Bonchev–Trinajstić information content (AvgIpc) is 2.67. The minimum atomic E-state index is -0.518. The van der Waals surface area contributed by atoms with Crippen LogP contribution < -0.4 is 10.5 Å². The highest BCUT2D eigenvalue weighted by atomic mass is 35.5. The molecular weight excluding hydrogens is 253 g/mol. The van der Waals surface area contributed by atoms with E-state index >= 15 is 0 Å². The molecule has 1 heterocycles. The van der Waals surface area contributed by atoms with Crippen molar-refractivity contribution in [3.05, 3.63) is 50.8 Å². The normalized spacial score (nSPS) is 10.4. The van der Waals surface area contributed by atoms with Gasteiger partial charge in [0, 0.05) is 6.20 Å². The van der Waals surface area contributed by atoms with Crippen molar-refractivity contribution in [1.29, 1.82) is 0 Å². The van der Waals surface area contributed by atoms with Crippen LogP contribution in [0.15, 0.2) is 33.6 Å². The topological polar surface area (TPSA) is 55.2 Å². The highest BCUT2D eigenvalue weighted by molar-refractivity contribution is 6.42. The molecule has 2 aromatic rings. The number of benzene rings is 1. The number of aromatic amines is 1. The van der Waals surface area contributed by atoms with Crippen LogP contribution in [0.2, 0.25) is 10.0 Å². The van der Waals surface area contributed by atoms with Crippen molar-refractivity contribution in [1.82, 2.24) is 4.98 Å². The van der Waals surface area contributed by atoms with Crippen molar-refractivity contribution < 1.29 is 9.15 Å². The first-order valence-corrected chi connectivity index (χ1v) is 5.16. The van der Waals surface area contributed by atoms with Gasteiger partial charge < -0.3 is 9.15 Å². The number of H-pyrrole nitrogens is 1. The van der Waals surface area contributed by atoms with Crippen LogP contribution in [0.3, 0.4) is 0 Å². The first-order chi connectivity index (χ1) is 7.66. The predicted octanol–water partition coefficient (Wildman–Crippen LogP) is 2.85. The van der Waals surface area contributed by atoms with Crippen LogP contribution in [-0.4, -0.2) is 4.98 Å². The summed E-state index contributed by atoms with van der Waals surface area (Å²) < 4.78 is 10.1. The molecule has 0 saturated carbocycles. The maximum absolute atomic E-state index is 10.7. The van der Waals surface area contributed by atoms with Gasteiger partial charge in [0.25, 0.3) is 0 Å². The lowest BCUT2D eigenvalue weighted by Crippen LogP contribution is -1.96. The van der Waals surface area contributed by atoms with E-state index in [1.54, 1.807) is 18.2 Å². The van der Waals surface area contributed by atoms with Crippen LogP contribution in [0.5, 0.6) is 5.75 Å². The van der Waals surface area contributed by atoms with E-state index in [4.69, 9.17) is 32.4 Å². The lowest BCUT2D eigenvalue weighted by atomic mass is 10.3. The molecule has 1 aromatic carbocycles. The Morgan fingerprint density at radius 2 is 2.19 bits per heavy atom. The van der Waals surface area contributed by atoms with Crippen molar-refractivity contribution in [2.75, 3.05) is 0 Å². The maximum atomic E-state index is 10.7. The molecule has 0 aliphatic carbocycles. The highest BCUT2D eigenvalue weighted by Gasteiger charge is 2.06. The number of nitrogens with one attached hydrogen (secondary N) is 1. The Hall–Kier alpha value is -1.39. The van der Waals surface area contributed by atoms with E-state index in [0.29, 0.717) is 21.6 Å². The molecule has 0 atom stereocenters. The zero-order valence-electron chi connectivity index (χ0n) is 8.00. The number of halogens is 2. The van der Waals surface area contributed by atoms with Crippen LogP contribution in [0.1, 0.15) is 5.76 Å². The average molecular weight is 260 g/mol. The minimum absolute atomic E-state index is 0.110. The van der Waals surface area contributed by atoms with Crippen molar-refractivity contribution in [2.45, 2.75) is 6.61 Å². The summed E-state index contributed by atoms with van der Waals surface area (Å²) in [7, 11) is 0. The molecule has 0 aliphatic heterocycles. The third-order valence-corrected chi connectivity index (χ3v) is 2.66. The zero-order chi connectivity index (χ0) is 11.5. The fourth-order valence-corrected chi connectivity index (χ4v) is 1.48. The van der Waals surface area contributed by atoms with Gasteiger partial charge in [-0.15, -0.1) is 0 Å². The minimum Gasteiger partial charge on any atom is -0.484 e. The van der Waals surface area contributed by atoms with Gasteiger partial charge >= 0.3 is 5.76 Å². The van der Waals surface area contributed by atoms with Gasteiger partial charge in [-0.25, -0.2) is 4.79 Å². The lowest BCUT2D eigenvalue weighted by Gasteiger charge is -2.06. The number of hydrogen-bond donors (Lipinski definition) is 1. The second-order valence-electron chi connectivity index (χ2n) is 2.99. The number of rotatable bonds is 3. The SMILES string of the molecule is O=c1[nH]cc(COc2cccc(Cl)c2Cl)o1. The molecule has 0 fully saturated rings. The molecule has 0 amide bonds. The molecular formula is C10H7Cl2NO3. The summed E-state index contributed by atoms with van der Waals surface area (Å²) in [5.74, 6) is 0.315. The van der Waals surface area contributed by atoms with E-state index in [9.17, 15) is 4.79 Å². The largest absolute Gasteiger partial charge is 0.484 e. The smallest absolute Gasteiger partial charge is 0.416 e. The quantitative estimate of drug-likeness (QED) is 0.923. The number of hydrogen-bond acceptors (Lipinski definition) is 3. The van der Waals surface area contributed by atoms with Crippen molar-refractivity contribution in [2.24, 2.45) is 0 Å². The first kappa shape index (κ1) is 11.1. The summed E-state index contributed by atoms with van der Waals surface area (Å²) in [6, 6.07) is 5.06. The monoisotopic (exact) mass is 259 g/mol. The Kier molecular flexibility index (Phi) is 3.22. The van der Waals surface area contributed by atoms with Gasteiger partial charge in [-0.1, -0.05) is 29.3 Å². The summed E-state index contributed by atoms with van der Waals surface area (Å²) in [5, 5.41) is 0.747. The molecule has 0 unspecified atom stereocenters. The van der Waals surface area contributed by atoms with E-state index in [-0.39, 0.29) is 6.61 Å². The van der Waals surface area contributed by atoms with Crippen LogP contribution in [0.25, 0.3) is 0 Å². The molecule has 0 radical (unpaired) electrons. The van der Waals surface area contributed by atoms with Gasteiger partial charge in [-0.2, -0.15) is 0 Å². The van der Waals surface area contributed by atoms with Crippen LogP contribution in [-0.2, 0) is 6.61 Å². The molecule has 0 aliphatic rings. The van der Waals surface area contributed by atoms with E-state index in [0.717, 1.165) is 0 Å². The van der Waals surface area contributed by atoms with Crippen LogP contribution >= 0.6 is 23.2 Å². The zero-order valence-corrected chi connectivity index (χ0v) is 9.51. The van der Waals surface area contributed by atoms with Crippen molar-refractivity contribution in [3.63, 3.8) is 0 Å². The number of oxazole rings is 1. The molecule has 16 heavy (non-hydrogen) atoms. The Morgan fingerprint density at radius 1 is 1.38 bits per heavy atom. The van der Waals surface area contributed by atoms with Gasteiger partial charge in [-0.3, -0.25) is 4.98 Å². The summed E-state index contributed by atoms with van der Waals surface area (Å²) in [4.78, 5) is 13.1. The van der Waals surface area contributed by atoms with E-state index in [1.807, 2.05) is 0 Å². The van der Waals surface area contributed by atoms with E-state index in [1.165, 1.54) is 6.20 Å². The van der Waals surface area contributed by atoms with Gasteiger partial charge in [0.05, 0.1) is 5.02 Å². The molecule has 2 rings (SSSR count). The Balaban J connectivity index is 2.10. The van der Waals surface area contributed by atoms with Crippen molar-refractivity contribution in [3.8, 4) is 5.75 Å². The van der Waals surface area contributed by atoms with Gasteiger partial charge in [0.2, 0.25) is 0 Å². The molecule has 1 N–H and O–H groups in total.